The number of carbonyl (C=O) groups excluding carboxylic acids is 1. The SMILES string of the molecule is CCOCCCNC(=O)c1ccc(Cn2c(SCc3cccc(C)c3)nc3ccncc32)cc1. The molecule has 0 radical (unpaired) electrons. The van der Waals surface area contributed by atoms with Crippen molar-refractivity contribution in [1.82, 2.24) is 19.9 Å². The van der Waals surface area contributed by atoms with E-state index in [1.165, 1.54) is 11.1 Å². The van der Waals surface area contributed by atoms with Gasteiger partial charge in [-0.15, -0.1) is 0 Å². The lowest BCUT2D eigenvalue weighted by Crippen LogP contribution is -2.25. The third-order valence-electron chi connectivity index (χ3n) is 5.48. The summed E-state index contributed by atoms with van der Waals surface area (Å²) in [6.45, 7) is 6.71. The van der Waals surface area contributed by atoms with Crippen LogP contribution in [-0.2, 0) is 17.0 Å². The van der Waals surface area contributed by atoms with Gasteiger partial charge in [0.15, 0.2) is 5.16 Å². The minimum absolute atomic E-state index is 0.0604. The van der Waals surface area contributed by atoms with E-state index in [1.807, 2.05) is 43.5 Å². The monoisotopic (exact) mass is 474 g/mol. The molecule has 0 spiro atoms. The minimum atomic E-state index is -0.0604. The van der Waals surface area contributed by atoms with Crippen molar-refractivity contribution >= 4 is 28.7 Å². The topological polar surface area (TPSA) is 69.0 Å². The lowest BCUT2D eigenvalue weighted by molar-refractivity contribution is 0.0944. The number of carbonyl (C=O) groups is 1. The number of aryl methyl sites for hydroxylation is 1. The van der Waals surface area contributed by atoms with Gasteiger partial charge in [0.1, 0.15) is 0 Å². The Hall–Kier alpha value is -3.16. The van der Waals surface area contributed by atoms with Crippen LogP contribution in [0.15, 0.2) is 72.1 Å². The van der Waals surface area contributed by atoms with E-state index in [1.54, 1.807) is 18.0 Å². The number of amides is 1. The van der Waals surface area contributed by atoms with Crippen molar-refractivity contribution in [1.29, 1.82) is 0 Å². The first kappa shape index (κ1) is 24.0. The number of rotatable bonds is 11. The Balaban J connectivity index is 1.45. The Morgan fingerprint density at radius 1 is 1.12 bits per heavy atom. The number of ether oxygens (including phenoxy) is 1. The van der Waals surface area contributed by atoms with Crippen LogP contribution in [-0.4, -0.2) is 40.2 Å². The van der Waals surface area contributed by atoms with E-state index in [-0.39, 0.29) is 5.91 Å². The van der Waals surface area contributed by atoms with Gasteiger partial charge in [0.2, 0.25) is 0 Å². The maximum atomic E-state index is 12.4. The summed E-state index contributed by atoms with van der Waals surface area (Å²) in [6, 6.07) is 18.3. The Bertz CT molecular complexity index is 1240. The molecule has 7 heteroatoms. The fourth-order valence-corrected chi connectivity index (χ4v) is 4.68. The van der Waals surface area contributed by atoms with Crippen molar-refractivity contribution < 1.29 is 9.53 Å². The molecule has 1 N–H and O–H groups in total. The average molecular weight is 475 g/mol. The van der Waals surface area contributed by atoms with Crippen molar-refractivity contribution in [2.24, 2.45) is 0 Å². The van der Waals surface area contributed by atoms with Crippen molar-refractivity contribution in [2.75, 3.05) is 19.8 Å². The number of hydrogen-bond acceptors (Lipinski definition) is 5. The molecule has 4 rings (SSSR count). The van der Waals surface area contributed by atoms with Crippen LogP contribution in [0.25, 0.3) is 11.0 Å². The summed E-state index contributed by atoms with van der Waals surface area (Å²) in [5, 5.41) is 3.91. The molecule has 34 heavy (non-hydrogen) atoms. The van der Waals surface area contributed by atoms with E-state index >= 15 is 0 Å². The fourth-order valence-electron chi connectivity index (χ4n) is 3.73. The Morgan fingerprint density at radius 2 is 1.97 bits per heavy atom. The molecule has 176 valence electrons. The quantitative estimate of drug-likeness (QED) is 0.238. The lowest BCUT2D eigenvalue weighted by atomic mass is 10.1. The largest absolute Gasteiger partial charge is 0.382 e. The molecule has 0 saturated heterocycles. The highest BCUT2D eigenvalue weighted by Gasteiger charge is 2.13. The van der Waals surface area contributed by atoms with Gasteiger partial charge >= 0.3 is 0 Å². The van der Waals surface area contributed by atoms with E-state index in [4.69, 9.17) is 9.72 Å². The second kappa shape index (κ2) is 11.8. The highest BCUT2D eigenvalue weighted by Crippen LogP contribution is 2.27. The maximum absolute atomic E-state index is 12.4. The van der Waals surface area contributed by atoms with Crippen LogP contribution >= 0.6 is 11.8 Å². The van der Waals surface area contributed by atoms with Gasteiger partial charge in [-0.25, -0.2) is 4.98 Å². The van der Waals surface area contributed by atoms with Crippen LogP contribution in [0.2, 0.25) is 0 Å². The zero-order valence-corrected chi connectivity index (χ0v) is 20.5. The highest BCUT2D eigenvalue weighted by molar-refractivity contribution is 7.98. The predicted molar refractivity (Wildman–Crippen MR) is 137 cm³/mol. The second-order valence-corrected chi connectivity index (χ2v) is 9.07. The number of nitrogens with one attached hydrogen (secondary N) is 1. The van der Waals surface area contributed by atoms with E-state index in [9.17, 15) is 4.79 Å². The summed E-state index contributed by atoms with van der Waals surface area (Å²) >= 11 is 1.73. The van der Waals surface area contributed by atoms with Crippen molar-refractivity contribution in [3.05, 3.63) is 89.2 Å². The van der Waals surface area contributed by atoms with E-state index in [0.717, 1.165) is 33.9 Å². The van der Waals surface area contributed by atoms with E-state index in [2.05, 4.69) is 46.1 Å². The van der Waals surface area contributed by atoms with Gasteiger partial charge in [-0.05, 0) is 49.6 Å². The van der Waals surface area contributed by atoms with Crippen LogP contribution in [0.5, 0.6) is 0 Å². The van der Waals surface area contributed by atoms with Gasteiger partial charge in [0.05, 0.1) is 23.8 Å². The average Bonchev–Trinajstić information content (AvgIpc) is 3.20. The van der Waals surface area contributed by atoms with Gasteiger partial charge in [-0.3, -0.25) is 9.78 Å². The van der Waals surface area contributed by atoms with Crippen LogP contribution in [0.3, 0.4) is 0 Å². The van der Waals surface area contributed by atoms with Gasteiger partial charge in [0, 0.05) is 37.3 Å². The fraction of sp³-hybridized carbons (Fsp3) is 0.296. The molecule has 0 aliphatic heterocycles. The van der Waals surface area contributed by atoms with Crippen LogP contribution < -0.4 is 5.32 Å². The van der Waals surface area contributed by atoms with Gasteiger partial charge < -0.3 is 14.6 Å². The number of aromatic nitrogens is 3. The molecule has 0 aliphatic carbocycles. The molecule has 0 aliphatic rings. The van der Waals surface area contributed by atoms with Crippen molar-refractivity contribution in [2.45, 2.75) is 37.7 Å². The Morgan fingerprint density at radius 3 is 2.76 bits per heavy atom. The zero-order valence-electron chi connectivity index (χ0n) is 19.7. The summed E-state index contributed by atoms with van der Waals surface area (Å²) in [7, 11) is 0. The van der Waals surface area contributed by atoms with Crippen LogP contribution in [0.4, 0.5) is 0 Å². The molecule has 1 amide bonds. The molecule has 2 heterocycles. The standard InChI is InChI=1S/C27H30N4O2S/c1-3-33-15-5-13-29-26(32)23-10-8-21(9-11-23)18-31-25-17-28-14-12-24(25)30-27(31)34-19-22-7-4-6-20(2)16-22/h4,6-12,14,16-17H,3,5,13,15,18-19H2,1-2H3,(H,29,32). The number of pyridine rings is 1. The van der Waals surface area contributed by atoms with Crippen LogP contribution in [0.1, 0.15) is 40.4 Å². The van der Waals surface area contributed by atoms with E-state index < -0.39 is 0 Å². The number of thioether (sulfide) groups is 1. The molecular weight excluding hydrogens is 444 g/mol. The molecule has 6 nitrogen and oxygen atoms in total. The normalized spacial score (nSPS) is 11.1. The summed E-state index contributed by atoms with van der Waals surface area (Å²) in [5.41, 5.74) is 6.24. The molecule has 4 aromatic rings. The Kier molecular flexibility index (Phi) is 8.33. The molecule has 2 aromatic heterocycles. The molecular formula is C27H30N4O2S. The Labute approximate surface area is 204 Å². The summed E-state index contributed by atoms with van der Waals surface area (Å²) < 4.78 is 7.51. The molecule has 0 bridgehead atoms. The lowest BCUT2D eigenvalue weighted by Gasteiger charge is -2.10. The third-order valence-corrected chi connectivity index (χ3v) is 6.53. The smallest absolute Gasteiger partial charge is 0.251 e. The van der Waals surface area contributed by atoms with Crippen molar-refractivity contribution in [3.63, 3.8) is 0 Å². The minimum Gasteiger partial charge on any atom is -0.382 e. The first-order valence-electron chi connectivity index (χ1n) is 11.6. The first-order valence-corrected chi connectivity index (χ1v) is 12.6. The number of hydrogen-bond donors (Lipinski definition) is 1. The number of imidazole rings is 1. The van der Waals surface area contributed by atoms with Crippen molar-refractivity contribution in [3.8, 4) is 0 Å². The van der Waals surface area contributed by atoms with Crippen LogP contribution in [0, 0.1) is 6.92 Å². The second-order valence-electron chi connectivity index (χ2n) is 8.13. The number of benzene rings is 2. The zero-order chi connectivity index (χ0) is 23.8. The number of fused-ring (bicyclic) bond motifs is 1. The van der Waals surface area contributed by atoms with Gasteiger partial charge in [-0.1, -0.05) is 53.7 Å². The summed E-state index contributed by atoms with van der Waals surface area (Å²) in [5.74, 6) is 0.788. The molecule has 0 atom stereocenters. The molecule has 0 fully saturated rings. The molecule has 0 unspecified atom stereocenters. The van der Waals surface area contributed by atoms with E-state index in [0.29, 0.717) is 31.9 Å². The highest BCUT2D eigenvalue weighted by atomic mass is 32.2. The molecule has 0 saturated carbocycles. The van der Waals surface area contributed by atoms with Gasteiger partial charge in [-0.2, -0.15) is 0 Å². The first-order chi connectivity index (χ1) is 16.6. The third kappa shape index (κ3) is 6.24. The van der Waals surface area contributed by atoms with Gasteiger partial charge in [0.25, 0.3) is 5.91 Å². The molecule has 2 aromatic carbocycles. The summed E-state index contributed by atoms with van der Waals surface area (Å²) in [6.07, 6.45) is 4.45. The predicted octanol–water partition coefficient (Wildman–Crippen LogP) is 5.24. The number of nitrogens with zero attached hydrogens (tertiary/aromatic N) is 3. The summed E-state index contributed by atoms with van der Waals surface area (Å²) in [4.78, 5) is 21.6. The maximum Gasteiger partial charge on any atom is 0.251 e.